The van der Waals surface area contributed by atoms with E-state index in [0.717, 1.165) is 0 Å². The van der Waals surface area contributed by atoms with Crippen LogP contribution in [0.15, 0.2) is 24.3 Å². The second-order valence-electron chi connectivity index (χ2n) is 4.52. The van der Waals surface area contributed by atoms with Crippen LogP contribution in [0.1, 0.15) is 19.4 Å². The molecular weight excluding hydrogens is 223 g/mol. The van der Waals surface area contributed by atoms with Gasteiger partial charge in [0.25, 0.3) is 0 Å². The van der Waals surface area contributed by atoms with Gasteiger partial charge in [0.15, 0.2) is 6.29 Å². The monoisotopic (exact) mass is 240 g/mol. The van der Waals surface area contributed by atoms with E-state index in [1.165, 1.54) is 6.07 Å². The highest BCUT2D eigenvalue weighted by molar-refractivity contribution is 5.16. The highest BCUT2D eigenvalue weighted by atomic mass is 19.1. The number of hydrogen-bond donors (Lipinski definition) is 0. The van der Waals surface area contributed by atoms with Gasteiger partial charge in [0.1, 0.15) is 11.4 Å². The minimum atomic E-state index is -0.505. The zero-order valence-electron chi connectivity index (χ0n) is 10.1. The Morgan fingerprint density at radius 2 is 2.00 bits per heavy atom. The van der Waals surface area contributed by atoms with Crippen molar-refractivity contribution in [2.75, 3.05) is 13.2 Å². The molecule has 3 nitrogen and oxygen atoms in total. The zero-order valence-corrected chi connectivity index (χ0v) is 10.1. The Hall–Kier alpha value is -0.970. The van der Waals surface area contributed by atoms with Crippen LogP contribution in [0, 0.1) is 5.82 Å². The van der Waals surface area contributed by atoms with Crippen molar-refractivity contribution in [3.05, 3.63) is 35.6 Å². The quantitative estimate of drug-likeness (QED) is 0.812. The van der Waals surface area contributed by atoms with Gasteiger partial charge in [-0.1, -0.05) is 18.2 Å². The van der Waals surface area contributed by atoms with E-state index in [1.807, 2.05) is 13.8 Å². The van der Waals surface area contributed by atoms with Crippen molar-refractivity contribution in [1.29, 1.82) is 0 Å². The Morgan fingerprint density at radius 3 is 2.65 bits per heavy atom. The van der Waals surface area contributed by atoms with Gasteiger partial charge in [-0.25, -0.2) is 4.39 Å². The van der Waals surface area contributed by atoms with Gasteiger partial charge in [-0.2, -0.15) is 0 Å². The topological polar surface area (TPSA) is 27.7 Å². The number of rotatable bonds is 3. The molecule has 0 unspecified atom stereocenters. The molecule has 1 aromatic rings. The van der Waals surface area contributed by atoms with Crippen molar-refractivity contribution in [2.24, 2.45) is 0 Å². The van der Waals surface area contributed by atoms with Crippen LogP contribution < -0.4 is 0 Å². The summed E-state index contributed by atoms with van der Waals surface area (Å²) in [6.45, 7) is 4.89. The molecule has 0 spiro atoms. The minimum Gasteiger partial charge on any atom is -0.366 e. The molecule has 1 saturated heterocycles. The molecule has 0 radical (unpaired) electrons. The maximum Gasteiger partial charge on any atom is 0.155 e. The summed E-state index contributed by atoms with van der Waals surface area (Å²) in [4.78, 5) is 0. The van der Waals surface area contributed by atoms with Crippen molar-refractivity contribution in [3.63, 3.8) is 0 Å². The molecule has 1 aromatic carbocycles. The van der Waals surface area contributed by atoms with Crippen molar-refractivity contribution >= 4 is 0 Å². The molecule has 1 aliphatic heterocycles. The van der Waals surface area contributed by atoms with Crippen LogP contribution in [0.5, 0.6) is 0 Å². The number of hydrogen-bond acceptors (Lipinski definition) is 3. The van der Waals surface area contributed by atoms with Crippen LogP contribution in [-0.4, -0.2) is 25.1 Å². The smallest absolute Gasteiger partial charge is 0.155 e. The lowest BCUT2D eigenvalue weighted by Gasteiger charge is -2.36. The molecule has 0 bridgehead atoms. The van der Waals surface area contributed by atoms with Crippen LogP contribution in [0.4, 0.5) is 4.39 Å². The summed E-state index contributed by atoms with van der Waals surface area (Å²) in [6, 6.07) is 6.60. The van der Waals surface area contributed by atoms with E-state index < -0.39 is 5.60 Å². The van der Waals surface area contributed by atoms with E-state index >= 15 is 0 Å². The third-order valence-electron chi connectivity index (χ3n) is 2.78. The van der Waals surface area contributed by atoms with Gasteiger partial charge in [0.05, 0.1) is 19.8 Å². The van der Waals surface area contributed by atoms with Crippen molar-refractivity contribution in [1.82, 2.24) is 0 Å². The first-order valence-corrected chi connectivity index (χ1v) is 5.70. The van der Waals surface area contributed by atoms with Gasteiger partial charge in [0.2, 0.25) is 0 Å². The molecule has 1 fully saturated rings. The molecule has 0 amide bonds. The molecule has 2 rings (SSSR count). The maximum atomic E-state index is 13.4. The van der Waals surface area contributed by atoms with E-state index in [-0.39, 0.29) is 18.7 Å². The lowest BCUT2D eigenvalue weighted by Crippen LogP contribution is -2.46. The number of ether oxygens (including phenoxy) is 3. The van der Waals surface area contributed by atoms with E-state index in [0.29, 0.717) is 18.8 Å². The highest BCUT2D eigenvalue weighted by Gasteiger charge is 2.32. The highest BCUT2D eigenvalue weighted by Crippen LogP contribution is 2.21. The van der Waals surface area contributed by atoms with E-state index in [2.05, 4.69) is 0 Å². The molecule has 0 aliphatic carbocycles. The van der Waals surface area contributed by atoms with Gasteiger partial charge in [-0.3, -0.25) is 0 Å². The van der Waals surface area contributed by atoms with Crippen LogP contribution >= 0.6 is 0 Å². The summed E-state index contributed by atoms with van der Waals surface area (Å²) in [7, 11) is 0. The first kappa shape index (κ1) is 12.5. The zero-order chi connectivity index (χ0) is 12.3. The first-order chi connectivity index (χ1) is 8.09. The summed E-state index contributed by atoms with van der Waals surface area (Å²) in [5.41, 5.74) is 0.0433. The fraction of sp³-hybridized carbons (Fsp3) is 0.538. The second kappa shape index (κ2) is 5.12. The van der Waals surface area contributed by atoms with Crippen LogP contribution in [0.25, 0.3) is 0 Å². The molecule has 94 valence electrons. The van der Waals surface area contributed by atoms with Crippen LogP contribution in [0.2, 0.25) is 0 Å². The number of halogens is 1. The Morgan fingerprint density at radius 1 is 1.35 bits per heavy atom. The molecule has 0 saturated carbocycles. The van der Waals surface area contributed by atoms with E-state index in [9.17, 15) is 4.39 Å². The second-order valence-corrected chi connectivity index (χ2v) is 4.52. The third kappa shape index (κ3) is 3.25. The lowest BCUT2D eigenvalue weighted by atomic mass is 10.1. The molecule has 0 N–H and O–H groups in total. The summed E-state index contributed by atoms with van der Waals surface area (Å²) in [6.07, 6.45) is -0.194. The van der Waals surface area contributed by atoms with Crippen LogP contribution in [-0.2, 0) is 20.8 Å². The predicted octanol–water partition coefficient (Wildman–Crippen LogP) is 2.49. The van der Waals surface area contributed by atoms with Crippen molar-refractivity contribution in [3.8, 4) is 0 Å². The van der Waals surface area contributed by atoms with Crippen LogP contribution in [0.3, 0.4) is 0 Å². The molecule has 4 heteroatoms. The Bertz CT molecular complexity index is 373. The summed E-state index contributed by atoms with van der Waals surface area (Å²) < 4.78 is 29.8. The minimum absolute atomic E-state index is 0.194. The fourth-order valence-corrected chi connectivity index (χ4v) is 1.63. The summed E-state index contributed by atoms with van der Waals surface area (Å²) in [5, 5.41) is 0. The molecule has 17 heavy (non-hydrogen) atoms. The largest absolute Gasteiger partial charge is 0.366 e. The average molecular weight is 240 g/mol. The third-order valence-corrected chi connectivity index (χ3v) is 2.78. The Labute approximate surface area is 100 Å². The molecule has 1 heterocycles. The van der Waals surface area contributed by atoms with Crippen molar-refractivity contribution in [2.45, 2.75) is 32.3 Å². The van der Waals surface area contributed by atoms with E-state index in [1.54, 1.807) is 18.2 Å². The summed E-state index contributed by atoms with van der Waals surface area (Å²) >= 11 is 0. The average Bonchev–Trinajstić information content (AvgIpc) is 2.33. The normalized spacial score (nSPS) is 29.2. The molecular formula is C13H17FO3. The summed E-state index contributed by atoms with van der Waals surface area (Å²) in [5.74, 6) is -0.248. The number of benzene rings is 1. The predicted molar refractivity (Wildman–Crippen MR) is 61.0 cm³/mol. The Balaban J connectivity index is 1.92. The Kier molecular flexibility index (Phi) is 3.76. The SMILES string of the molecule is C[C@H]1OC[C@](C)(OCc2ccccc2F)CO1. The van der Waals surface area contributed by atoms with Gasteiger partial charge in [-0.05, 0) is 19.9 Å². The standard InChI is InChI=1S/C13H17FO3/c1-10-15-8-13(2,9-16-10)17-7-11-5-3-4-6-12(11)14/h3-6,10H,7-9H2,1-2H3/t10-,13-. The van der Waals surface area contributed by atoms with Gasteiger partial charge in [0, 0.05) is 5.56 Å². The van der Waals surface area contributed by atoms with Crippen molar-refractivity contribution < 1.29 is 18.6 Å². The lowest BCUT2D eigenvalue weighted by molar-refractivity contribution is -0.256. The first-order valence-electron chi connectivity index (χ1n) is 5.70. The van der Waals surface area contributed by atoms with Gasteiger partial charge < -0.3 is 14.2 Å². The van der Waals surface area contributed by atoms with E-state index in [4.69, 9.17) is 14.2 Å². The molecule has 0 aromatic heterocycles. The molecule has 1 aliphatic rings. The van der Waals surface area contributed by atoms with Gasteiger partial charge >= 0.3 is 0 Å². The maximum absolute atomic E-state index is 13.4. The fourth-order valence-electron chi connectivity index (χ4n) is 1.63. The van der Waals surface area contributed by atoms with Gasteiger partial charge in [-0.15, -0.1) is 0 Å². The molecule has 0 atom stereocenters.